The Morgan fingerprint density at radius 1 is 1.32 bits per heavy atom. The number of rotatable bonds is 4. The van der Waals surface area contributed by atoms with Gasteiger partial charge in [0.15, 0.2) is 0 Å². The average molecular weight is 256 g/mol. The van der Waals surface area contributed by atoms with Crippen molar-refractivity contribution in [3.8, 4) is 5.88 Å². The number of hydrogen-bond donors (Lipinski definition) is 0. The lowest BCUT2D eigenvalue weighted by atomic mass is 10.2. The summed E-state index contributed by atoms with van der Waals surface area (Å²) in [6.45, 7) is 4.19. The third-order valence-electron chi connectivity index (χ3n) is 2.72. The first kappa shape index (κ1) is 13.1. The van der Waals surface area contributed by atoms with E-state index in [9.17, 15) is 4.79 Å². The standard InChI is InChI=1S/C15H16N2O2/c1-3-12(2)19-14-9-10-17(15(18)16-14)11-13-7-5-4-6-8-13/h3-10H,11H2,1-2H3/b12-3-. The molecule has 1 aromatic heterocycles. The number of ether oxygens (including phenoxy) is 1. The van der Waals surface area contributed by atoms with E-state index in [4.69, 9.17) is 4.74 Å². The molecule has 0 aliphatic heterocycles. The lowest BCUT2D eigenvalue weighted by Gasteiger charge is -2.07. The maximum atomic E-state index is 11.9. The molecule has 0 aliphatic rings. The minimum Gasteiger partial charge on any atom is -0.444 e. The maximum Gasteiger partial charge on any atom is 0.351 e. The molecule has 0 aliphatic carbocycles. The summed E-state index contributed by atoms with van der Waals surface area (Å²) >= 11 is 0. The molecule has 0 spiro atoms. The van der Waals surface area contributed by atoms with Gasteiger partial charge >= 0.3 is 5.69 Å². The van der Waals surface area contributed by atoms with Gasteiger partial charge in [0.05, 0.1) is 12.3 Å². The number of aromatic nitrogens is 2. The van der Waals surface area contributed by atoms with E-state index >= 15 is 0 Å². The molecule has 0 bridgehead atoms. The molecule has 1 heterocycles. The summed E-state index contributed by atoms with van der Waals surface area (Å²) in [5.41, 5.74) is 0.745. The van der Waals surface area contributed by atoms with Crippen LogP contribution in [0.3, 0.4) is 0 Å². The van der Waals surface area contributed by atoms with Crippen LogP contribution >= 0.6 is 0 Å². The Morgan fingerprint density at radius 3 is 2.68 bits per heavy atom. The van der Waals surface area contributed by atoms with E-state index < -0.39 is 0 Å². The summed E-state index contributed by atoms with van der Waals surface area (Å²) in [7, 11) is 0. The van der Waals surface area contributed by atoms with Gasteiger partial charge in [0.1, 0.15) is 0 Å². The summed E-state index contributed by atoms with van der Waals surface area (Å²) in [5.74, 6) is 1.04. The van der Waals surface area contributed by atoms with Crippen LogP contribution in [0.4, 0.5) is 0 Å². The fourth-order valence-electron chi connectivity index (χ4n) is 1.59. The zero-order valence-corrected chi connectivity index (χ0v) is 11.0. The second kappa shape index (κ2) is 6.00. The highest BCUT2D eigenvalue weighted by Crippen LogP contribution is 2.07. The van der Waals surface area contributed by atoms with Gasteiger partial charge in [-0.25, -0.2) is 4.79 Å². The monoisotopic (exact) mass is 256 g/mol. The van der Waals surface area contributed by atoms with Crippen molar-refractivity contribution in [1.29, 1.82) is 0 Å². The molecule has 0 atom stereocenters. The van der Waals surface area contributed by atoms with Gasteiger partial charge in [0, 0.05) is 12.3 Å². The van der Waals surface area contributed by atoms with E-state index in [1.54, 1.807) is 16.8 Å². The predicted octanol–water partition coefficient (Wildman–Crippen LogP) is 2.59. The SMILES string of the molecule is C/C=C(/C)Oc1ccn(Cc2ccccc2)c(=O)n1. The molecule has 4 heteroatoms. The summed E-state index contributed by atoms with van der Waals surface area (Å²) < 4.78 is 6.93. The van der Waals surface area contributed by atoms with Gasteiger partial charge in [-0.2, -0.15) is 4.98 Å². The van der Waals surface area contributed by atoms with E-state index in [2.05, 4.69) is 4.98 Å². The van der Waals surface area contributed by atoms with Crippen molar-refractivity contribution in [2.45, 2.75) is 20.4 Å². The topological polar surface area (TPSA) is 44.1 Å². The zero-order valence-electron chi connectivity index (χ0n) is 11.0. The van der Waals surface area contributed by atoms with Gasteiger partial charge < -0.3 is 4.74 Å². The van der Waals surface area contributed by atoms with Gasteiger partial charge in [-0.1, -0.05) is 30.3 Å². The van der Waals surface area contributed by atoms with E-state index in [1.165, 1.54) is 0 Å². The number of nitrogens with zero attached hydrogens (tertiary/aromatic N) is 2. The van der Waals surface area contributed by atoms with Gasteiger partial charge in [-0.3, -0.25) is 4.57 Å². The van der Waals surface area contributed by atoms with Crippen LogP contribution in [0.25, 0.3) is 0 Å². The van der Waals surface area contributed by atoms with Gasteiger partial charge in [0.25, 0.3) is 0 Å². The van der Waals surface area contributed by atoms with Crippen LogP contribution in [0.15, 0.2) is 59.2 Å². The minimum absolute atomic E-state index is 0.315. The lowest BCUT2D eigenvalue weighted by molar-refractivity contribution is 0.404. The molecule has 0 N–H and O–H groups in total. The third kappa shape index (κ3) is 3.55. The normalized spacial score (nSPS) is 11.4. The molecule has 2 aromatic rings. The first-order valence-corrected chi connectivity index (χ1v) is 6.11. The van der Waals surface area contributed by atoms with Crippen molar-refractivity contribution in [2.75, 3.05) is 0 Å². The largest absolute Gasteiger partial charge is 0.444 e. The number of hydrogen-bond acceptors (Lipinski definition) is 3. The first-order chi connectivity index (χ1) is 9.19. The second-order valence-corrected chi connectivity index (χ2v) is 4.16. The van der Waals surface area contributed by atoms with Crippen LogP contribution in [0.2, 0.25) is 0 Å². The fraction of sp³-hybridized carbons (Fsp3) is 0.200. The Labute approximate surface area is 112 Å². The van der Waals surface area contributed by atoms with Crippen molar-refractivity contribution in [3.63, 3.8) is 0 Å². The molecule has 0 saturated carbocycles. The van der Waals surface area contributed by atoms with E-state index in [0.29, 0.717) is 18.2 Å². The van der Waals surface area contributed by atoms with Crippen LogP contribution in [0.1, 0.15) is 19.4 Å². The molecule has 0 fully saturated rings. The molecule has 0 radical (unpaired) electrons. The predicted molar refractivity (Wildman–Crippen MR) is 74.1 cm³/mol. The van der Waals surface area contributed by atoms with Crippen LogP contribution in [0, 0.1) is 0 Å². The average Bonchev–Trinajstić information content (AvgIpc) is 2.43. The molecule has 19 heavy (non-hydrogen) atoms. The molecular formula is C15H16N2O2. The zero-order chi connectivity index (χ0) is 13.7. The number of allylic oxidation sites excluding steroid dienone is 2. The minimum atomic E-state index is -0.315. The highest BCUT2D eigenvalue weighted by Gasteiger charge is 2.02. The van der Waals surface area contributed by atoms with Crippen LogP contribution in [0.5, 0.6) is 5.88 Å². The van der Waals surface area contributed by atoms with Crippen LogP contribution in [-0.4, -0.2) is 9.55 Å². The van der Waals surface area contributed by atoms with Crippen LogP contribution in [-0.2, 0) is 6.54 Å². The molecule has 0 unspecified atom stereocenters. The highest BCUT2D eigenvalue weighted by molar-refractivity contribution is 5.16. The molecule has 2 rings (SSSR count). The van der Waals surface area contributed by atoms with E-state index in [0.717, 1.165) is 5.56 Å². The smallest absolute Gasteiger partial charge is 0.351 e. The number of benzene rings is 1. The first-order valence-electron chi connectivity index (χ1n) is 6.11. The second-order valence-electron chi connectivity index (χ2n) is 4.16. The molecule has 0 amide bonds. The molecule has 98 valence electrons. The van der Waals surface area contributed by atoms with Crippen molar-refractivity contribution in [3.05, 3.63) is 70.5 Å². The van der Waals surface area contributed by atoms with E-state index in [1.807, 2.05) is 50.3 Å². The van der Waals surface area contributed by atoms with E-state index in [-0.39, 0.29) is 5.69 Å². The third-order valence-corrected chi connectivity index (χ3v) is 2.72. The van der Waals surface area contributed by atoms with Crippen molar-refractivity contribution in [2.24, 2.45) is 0 Å². The van der Waals surface area contributed by atoms with Gasteiger partial charge in [-0.15, -0.1) is 0 Å². The Kier molecular flexibility index (Phi) is 4.13. The molecule has 1 aromatic carbocycles. The molecule has 0 saturated heterocycles. The Bertz CT molecular complexity index is 630. The Hall–Kier alpha value is -2.36. The molecule has 4 nitrogen and oxygen atoms in total. The van der Waals surface area contributed by atoms with Crippen molar-refractivity contribution >= 4 is 0 Å². The van der Waals surface area contributed by atoms with Gasteiger partial charge in [0.2, 0.25) is 5.88 Å². The summed E-state index contributed by atoms with van der Waals surface area (Å²) in [6.07, 6.45) is 3.51. The maximum absolute atomic E-state index is 11.9. The lowest BCUT2D eigenvalue weighted by Crippen LogP contribution is -2.23. The van der Waals surface area contributed by atoms with Crippen molar-refractivity contribution in [1.82, 2.24) is 9.55 Å². The van der Waals surface area contributed by atoms with Crippen LogP contribution < -0.4 is 10.4 Å². The quantitative estimate of drug-likeness (QED) is 0.790. The Balaban J connectivity index is 2.18. The summed E-state index contributed by atoms with van der Waals surface area (Å²) in [6, 6.07) is 11.5. The highest BCUT2D eigenvalue weighted by atomic mass is 16.5. The molecular weight excluding hydrogens is 240 g/mol. The fourth-order valence-corrected chi connectivity index (χ4v) is 1.59. The van der Waals surface area contributed by atoms with Crippen molar-refractivity contribution < 1.29 is 4.74 Å². The Morgan fingerprint density at radius 2 is 2.05 bits per heavy atom. The summed E-state index contributed by atoms with van der Waals surface area (Å²) in [4.78, 5) is 15.8. The van der Waals surface area contributed by atoms with Gasteiger partial charge in [-0.05, 0) is 25.5 Å². The summed E-state index contributed by atoms with van der Waals surface area (Å²) in [5, 5.41) is 0.